The Balaban J connectivity index is 2.43. The molecule has 0 unspecified atom stereocenters. The molecule has 2 aromatic heterocycles. The highest BCUT2D eigenvalue weighted by Gasteiger charge is 2.20. The van der Waals surface area contributed by atoms with Crippen molar-refractivity contribution in [3.63, 3.8) is 0 Å². The molecule has 0 radical (unpaired) electrons. The van der Waals surface area contributed by atoms with Crippen molar-refractivity contribution in [1.29, 1.82) is 0 Å². The van der Waals surface area contributed by atoms with Gasteiger partial charge in [-0.2, -0.15) is 0 Å². The van der Waals surface area contributed by atoms with E-state index in [1.807, 2.05) is 13.0 Å². The molecule has 100 valence electrons. The molecule has 2 heterocycles. The summed E-state index contributed by atoms with van der Waals surface area (Å²) in [6.45, 7) is 1.82. The number of pyridine rings is 1. The van der Waals surface area contributed by atoms with Crippen molar-refractivity contribution in [2.75, 3.05) is 0 Å². The number of aromatic nitrogens is 2. The summed E-state index contributed by atoms with van der Waals surface area (Å²) in [6.07, 6.45) is 0. The van der Waals surface area contributed by atoms with Crippen LogP contribution in [0.3, 0.4) is 0 Å². The number of benzene rings is 1. The zero-order valence-electron chi connectivity index (χ0n) is 10.7. The highest BCUT2D eigenvalue weighted by molar-refractivity contribution is 5.95. The molecule has 20 heavy (non-hydrogen) atoms. The summed E-state index contributed by atoms with van der Waals surface area (Å²) in [5, 5.41) is 9.23. The van der Waals surface area contributed by atoms with Gasteiger partial charge >= 0.3 is 5.97 Å². The van der Waals surface area contributed by atoms with Crippen LogP contribution in [-0.2, 0) is 0 Å². The lowest BCUT2D eigenvalue weighted by atomic mass is 10.2. The summed E-state index contributed by atoms with van der Waals surface area (Å²) in [4.78, 5) is 15.4. The lowest BCUT2D eigenvalue weighted by Gasteiger charge is -2.05. The lowest BCUT2D eigenvalue weighted by Crippen LogP contribution is -1.97. The molecule has 0 spiro atoms. The summed E-state index contributed by atoms with van der Waals surface area (Å²) in [5.41, 5.74) is 1.45. The Morgan fingerprint density at radius 1 is 1.20 bits per heavy atom. The number of fused-ring (bicyclic) bond motifs is 1. The minimum Gasteiger partial charge on any atom is -0.476 e. The molecule has 0 amide bonds. The fraction of sp³-hybridized carbons (Fsp3) is 0.0667. The maximum absolute atomic E-state index is 13.9. The Kier molecular flexibility index (Phi) is 2.75. The third-order valence-electron chi connectivity index (χ3n) is 3.17. The van der Waals surface area contributed by atoms with Gasteiger partial charge in [-0.1, -0.05) is 18.2 Å². The van der Waals surface area contributed by atoms with Crippen LogP contribution in [0.2, 0.25) is 0 Å². The molecule has 0 bridgehead atoms. The first-order valence-corrected chi connectivity index (χ1v) is 6.06. The summed E-state index contributed by atoms with van der Waals surface area (Å²) in [6, 6.07) is 11.4. The quantitative estimate of drug-likeness (QED) is 0.778. The Morgan fingerprint density at radius 3 is 2.65 bits per heavy atom. The minimum absolute atomic E-state index is 0.0769. The fourth-order valence-electron chi connectivity index (χ4n) is 2.28. The normalized spacial score (nSPS) is 10.9. The summed E-state index contributed by atoms with van der Waals surface area (Å²) in [5.74, 6) is -1.26. The van der Waals surface area contributed by atoms with E-state index in [1.54, 1.807) is 34.7 Å². The molecule has 5 heteroatoms. The topological polar surface area (TPSA) is 54.6 Å². The number of aryl methyl sites for hydroxylation is 1. The third kappa shape index (κ3) is 1.75. The number of halogens is 1. The maximum Gasteiger partial charge on any atom is 0.356 e. The van der Waals surface area contributed by atoms with E-state index in [-0.39, 0.29) is 11.3 Å². The van der Waals surface area contributed by atoms with Crippen molar-refractivity contribution in [3.05, 3.63) is 59.7 Å². The number of carboxylic acids is 1. The molecule has 0 aliphatic carbocycles. The van der Waals surface area contributed by atoms with E-state index in [9.17, 15) is 14.3 Å². The second-order valence-electron chi connectivity index (χ2n) is 4.46. The van der Waals surface area contributed by atoms with Crippen molar-refractivity contribution in [2.24, 2.45) is 0 Å². The van der Waals surface area contributed by atoms with Gasteiger partial charge in [0, 0.05) is 5.69 Å². The Labute approximate surface area is 114 Å². The molecule has 0 aliphatic rings. The zero-order chi connectivity index (χ0) is 14.3. The van der Waals surface area contributed by atoms with Crippen LogP contribution < -0.4 is 0 Å². The van der Waals surface area contributed by atoms with Gasteiger partial charge in [-0.05, 0) is 31.2 Å². The van der Waals surface area contributed by atoms with E-state index in [2.05, 4.69) is 4.98 Å². The van der Waals surface area contributed by atoms with Crippen molar-refractivity contribution in [1.82, 2.24) is 9.38 Å². The molecule has 3 aromatic rings. The van der Waals surface area contributed by atoms with E-state index in [4.69, 9.17) is 0 Å². The fourth-order valence-corrected chi connectivity index (χ4v) is 2.28. The van der Waals surface area contributed by atoms with Crippen LogP contribution in [0.25, 0.3) is 16.9 Å². The molecule has 0 fully saturated rings. The standard InChI is InChI=1S/C15H11FN2O2/c1-9-5-4-8-12-13(15(19)20)17-14(18(9)12)10-6-2-3-7-11(10)16/h2-8H,1H3,(H,19,20). The summed E-state index contributed by atoms with van der Waals surface area (Å²) >= 11 is 0. The Hall–Kier alpha value is -2.69. The molecule has 3 rings (SSSR count). The average Bonchev–Trinajstić information content (AvgIpc) is 2.80. The van der Waals surface area contributed by atoms with Crippen LogP contribution in [0.5, 0.6) is 0 Å². The Morgan fingerprint density at radius 2 is 1.95 bits per heavy atom. The van der Waals surface area contributed by atoms with E-state index in [0.717, 1.165) is 5.69 Å². The number of carboxylic acid groups (broad SMARTS) is 1. The molecule has 0 atom stereocenters. The van der Waals surface area contributed by atoms with Crippen LogP contribution in [-0.4, -0.2) is 20.5 Å². The number of nitrogens with zero attached hydrogens (tertiary/aromatic N) is 2. The molecule has 0 saturated carbocycles. The van der Waals surface area contributed by atoms with Crippen LogP contribution in [0.1, 0.15) is 16.2 Å². The van der Waals surface area contributed by atoms with Crippen molar-refractivity contribution in [3.8, 4) is 11.4 Å². The lowest BCUT2D eigenvalue weighted by molar-refractivity contribution is 0.0693. The molecular weight excluding hydrogens is 259 g/mol. The van der Waals surface area contributed by atoms with Gasteiger partial charge in [0.05, 0.1) is 11.1 Å². The van der Waals surface area contributed by atoms with Crippen molar-refractivity contribution in [2.45, 2.75) is 6.92 Å². The average molecular weight is 270 g/mol. The van der Waals surface area contributed by atoms with Crippen LogP contribution >= 0.6 is 0 Å². The van der Waals surface area contributed by atoms with Crippen molar-refractivity contribution < 1.29 is 14.3 Å². The van der Waals surface area contributed by atoms with Crippen LogP contribution in [0, 0.1) is 12.7 Å². The number of aromatic carboxylic acids is 1. The molecule has 0 aliphatic heterocycles. The highest BCUT2D eigenvalue weighted by atomic mass is 19.1. The molecular formula is C15H11FN2O2. The Bertz CT molecular complexity index is 824. The number of hydrogen-bond acceptors (Lipinski definition) is 2. The number of rotatable bonds is 2. The van der Waals surface area contributed by atoms with E-state index < -0.39 is 11.8 Å². The number of imidazole rings is 1. The summed E-state index contributed by atoms with van der Waals surface area (Å²) < 4.78 is 15.6. The van der Waals surface area contributed by atoms with E-state index in [0.29, 0.717) is 11.3 Å². The first-order chi connectivity index (χ1) is 9.59. The van der Waals surface area contributed by atoms with Gasteiger partial charge in [-0.15, -0.1) is 0 Å². The van der Waals surface area contributed by atoms with E-state index in [1.165, 1.54) is 6.07 Å². The second kappa shape index (κ2) is 4.45. The number of hydrogen-bond donors (Lipinski definition) is 1. The number of carbonyl (C=O) groups is 1. The predicted molar refractivity (Wildman–Crippen MR) is 72.3 cm³/mol. The largest absolute Gasteiger partial charge is 0.476 e. The third-order valence-corrected chi connectivity index (χ3v) is 3.17. The summed E-state index contributed by atoms with van der Waals surface area (Å²) in [7, 11) is 0. The van der Waals surface area contributed by atoms with Crippen LogP contribution in [0.4, 0.5) is 4.39 Å². The van der Waals surface area contributed by atoms with Gasteiger partial charge in [0.1, 0.15) is 11.6 Å². The van der Waals surface area contributed by atoms with Gasteiger partial charge in [0.15, 0.2) is 5.69 Å². The van der Waals surface area contributed by atoms with Gasteiger partial charge in [0.25, 0.3) is 0 Å². The van der Waals surface area contributed by atoms with Gasteiger partial charge in [0.2, 0.25) is 0 Å². The molecule has 4 nitrogen and oxygen atoms in total. The highest BCUT2D eigenvalue weighted by Crippen LogP contribution is 2.26. The molecule has 1 aromatic carbocycles. The predicted octanol–water partition coefficient (Wildman–Crippen LogP) is 3.15. The zero-order valence-corrected chi connectivity index (χ0v) is 10.7. The monoisotopic (exact) mass is 270 g/mol. The molecule has 0 saturated heterocycles. The maximum atomic E-state index is 13.9. The minimum atomic E-state index is -1.13. The van der Waals surface area contributed by atoms with Crippen molar-refractivity contribution >= 4 is 11.5 Å². The first-order valence-electron chi connectivity index (χ1n) is 6.06. The van der Waals surface area contributed by atoms with E-state index >= 15 is 0 Å². The molecule has 1 N–H and O–H groups in total. The smallest absolute Gasteiger partial charge is 0.356 e. The van der Waals surface area contributed by atoms with Gasteiger partial charge in [-0.25, -0.2) is 14.2 Å². The van der Waals surface area contributed by atoms with Gasteiger partial charge < -0.3 is 5.11 Å². The first kappa shape index (κ1) is 12.3. The van der Waals surface area contributed by atoms with Gasteiger partial charge in [-0.3, -0.25) is 4.40 Å². The van der Waals surface area contributed by atoms with Crippen LogP contribution in [0.15, 0.2) is 42.5 Å². The SMILES string of the molecule is Cc1cccc2c(C(=O)O)nc(-c3ccccc3F)n12. The second-order valence-corrected chi connectivity index (χ2v) is 4.46.